The number of ether oxygens (including phenoxy) is 1. The molecule has 0 aromatic heterocycles. The van der Waals surface area contributed by atoms with Crippen LogP contribution >= 0.6 is 0 Å². The summed E-state index contributed by atoms with van der Waals surface area (Å²) in [5, 5.41) is 12.1. The lowest BCUT2D eigenvalue weighted by atomic mass is 9.58. The largest absolute Gasteiger partial charge is 0.478 e. The first-order valence-electron chi connectivity index (χ1n) is 7.37. The van der Waals surface area contributed by atoms with E-state index in [-0.39, 0.29) is 34.9 Å². The molecule has 1 aliphatic rings. The molecule has 120 valence electrons. The van der Waals surface area contributed by atoms with Crippen molar-refractivity contribution in [1.29, 1.82) is 0 Å². The Morgan fingerprint density at radius 2 is 1.82 bits per heavy atom. The average Bonchev–Trinajstić information content (AvgIpc) is 2.43. The standard InChI is InChI=1S/C17H23NO4/c1-9-6-11(8-12(7-9)16(20)21)15(19)18-13-10(2)14(22-5)17(13,3)4/h6-8,10,13-14H,1-5H3,(H,18,19)(H,20,21). The first-order chi connectivity index (χ1) is 10.2. The van der Waals surface area contributed by atoms with Crippen molar-refractivity contribution in [3.8, 4) is 0 Å². The van der Waals surface area contributed by atoms with Crippen molar-refractivity contribution in [2.45, 2.75) is 39.8 Å². The fourth-order valence-corrected chi connectivity index (χ4v) is 3.69. The number of carboxylic acids is 1. The fourth-order valence-electron chi connectivity index (χ4n) is 3.69. The van der Waals surface area contributed by atoms with Gasteiger partial charge < -0.3 is 15.2 Å². The molecule has 2 rings (SSSR count). The number of rotatable bonds is 4. The molecule has 0 aliphatic heterocycles. The Morgan fingerprint density at radius 1 is 1.23 bits per heavy atom. The second-order valence-electron chi connectivity index (χ2n) is 6.68. The van der Waals surface area contributed by atoms with Gasteiger partial charge in [0.1, 0.15) is 0 Å². The monoisotopic (exact) mass is 305 g/mol. The summed E-state index contributed by atoms with van der Waals surface area (Å²) in [5.41, 5.74) is 1.10. The molecule has 0 bridgehead atoms. The van der Waals surface area contributed by atoms with Gasteiger partial charge in [0.25, 0.3) is 5.91 Å². The lowest BCUT2D eigenvalue weighted by Gasteiger charge is -2.56. The molecule has 2 N–H and O–H groups in total. The van der Waals surface area contributed by atoms with E-state index in [9.17, 15) is 9.59 Å². The van der Waals surface area contributed by atoms with Gasteiger partial charge in [-0.25, -0.2) is 4.79 Å². The van der Waals surface area contributed by atoms with E-state index in [1.54, 1.807) is 26.2 Å². The highest BCUT2D eigenvalue weighted by molar-refractivity contribution is 5.98. The zero-order chi connectivity index (χ0) is 16.7. The van der Waals surface area contributed by atoms with Crippen LogP contribution < -0.4 is 5.32 Å². The molecule has 0 heterocycles. The Bertz CT molecular complexity index is 609. The minimum Gasteiger partial charge on any atom is -0.478 e. The first-order valence-corrected chi connectivity index (χ1v) is 7.37. The molecule has 1 fully saturated rings. The fraction of sp³-hybridized carbons (Fsp3) is 0.529. The lowest BCUT2D eigenvalue weighted by Crippen LogP contribution is -2.67. The van der Waals surface area contributed by atoms with Crippen molar-refractivity contribution in [3.05, 3.63) is 34.9 Å². The minimum atomic E-state index is -1.03. The second-order valence-corrected chi connectivity index (χ2v) is 6.68. The maximum absolute atomic E-state index is 12.5. The van der Waals surface area contributed by atoms with Crippen molar-refractivity contribution in [3.63, 3.8) is 0 Å². The van der Waals surface area contributed by atoms with E-state index >= 15 is 0 Å². The van der Waals surface area contributed by atoms with Crippen LogP contribution in [0.4, 0.5) is 0 Å². The maximum atomic E-state index is 12.5. The molecule has 3 unspecified atom stereocenters. The van der Waals surface area contributed by atoms with E-state index < -0.39 is 5.97 Å². The summed E-state index contributed by atoms with van der Waals surface area (Å²) in [7, 11) is 1.68. The van der Waals surface area contributed by atoms with Gasteiger partial charge in [-0.15, -0.1) is 0 Å². The highest BCUT2D eigenvalue weighted by Gasteiger charge is 2.55. The molecule has 1 aromatic carbocycles. The quantitative estimate of drug-likeness (QED) is 0.896. The first kappa shape index (κ1) is 16.5. The third-order valence-corrected chi connectivity index (χ3v) is 4.67. The van der Waals surface area contributed by atoms with Gasteiger partial charge in [0.05, 0.1) is 11.7 Å². The summed E-state index contributed by atoms with van der Waals surface area (Å²) in [6.07, 6.45) is 0.102. The predicted molar refractivity (Wildman–Crippen MR) is 83.1 cm³/mol. The van der Waals surface area contributed by atoms with Crippen LogP contribution in [0.2, 0.25) is 0 Å². The third kappa shape index (κ3) is 2.73. The maximum Gasteiger partial charge on any atom is 0.335 e. The van der Waals surface area contributed by atoms with Gasteiger partial charge >= 0.3 is 5.97 Å². The van der Waals surface area contributed by atoms with Crippen molar-refractivity contribution in [1.82, 2.24) is 5.32 Å². The van der Waals surface area contributed by atoms with Crippen LogP contribution in [0.3, 0.4) is 0 Å². The molecule has 0 saturated heterocycles. The topological polar surface area (TPSA) is 75.6 Å². The van der Waals surface area contributed by atoms with Crippen molar-refractivity contribution in [2.75, 3.05) is 7.11 Å². The van der Waals surface area contributed by atoms with Crippen LogP contribution in [-0.4, -0.2) is 36.2 Å². The molecule has 22 heavy (non-hydrogen) atoms. The SMILES string of the molecule is COC1C(C)C(NC(=O)c2cc(C)cc(C(=O)O)c2)C1(C)C. The smallest absolute Gasteiger partial charge is 0.335 e. The van der Waals surface area contributed by atoms with Crippen LogP contribution in [0.5, 0.6) is 0 Å². The molecule has 0 radical (unpaired) electrons. The van der Waals surface area contributed by atoms with Gasteiger partial charge in [-0.2, -0.15) is 0 Å². The summed E-state index contributed by atoms with van der Waals surface area (Å²) >= 11 is 0. The normalized spacial score (nSPS) is 26.1. The number of methoxy groups -OCH3 is 1. The Labute approximate surface area is 130 Å². The molecule has 1 saturated carbocycles. The van der Waals surface area contributed by atoms with Crippen molar-refractivity contribution in [2.24, 2.45) is 11.3 Å². The second kappa shape index (κ2) is 5.72. The minimum absolute atomic E-state index is 0.00117. The van der Waals surface area contributed by atoms with Gasteiger partial charge in [-0.05, 0) is 30.7 Å². The number of aromatic carboxylic acids is 1. The number of hydrogen-bond acceptors (Lipinski definition) is 3. The summed E-state index contributed by atoms with van der Waals surface area (Å²) in [4.78, 5) is 23.6. The summed E-state index contributed by atoms with van der Waals surface area (Å²) in [5.74, 6) is -1.06. The summed E-state index contributed by atoms with van der Waals surface area (Å²) in [6.45, 7) is 7.94. The predicted octanol–water partition coefficient (Wildman–Crippen LogP) is 2.48. The van der Waals surface area contributed by atoms with Crippen LogP contribution in [0, 0.1) is 18.3 Å². The summed E-state index contributed by atoms with van der Waals surface area (Å²) in [6, 6.07) is 4.66. The zero-order valence-electron chi connectivity index (χ0n) is 13.6. The van der Waals surface area contributed by atoms with Crippen LogP contribution in [0.15, 0.2) is 18.2 Å². The van der Waals surface area contributed by atoms with E-state index in [2.05, 4.69) is 19.2 Å². The molecule has 1 aromatic rings. The van der Waals surface area contributed by atoms with Gasteiger partial charge in [0, 0.05) is 30.0 Å². The Hall–Kier alpha value is -1.88. The van der Waals surface area contributed by atoms with Crippen LogP contribution in [0.1, 0.15) is 47.1 Å². The van der Waals surface area contributed by atoms with Gasteiger partial charge in [0.2, 0.25) is 0 Å². The Morgan fingerprint density at radius 3 is 2.32 bits per heavy atom. The number of nitrogens with one attached hydrogen (secondary N) is 1. The molecular weight excluding hydrogens is 282 g/mol. The van der Waals surface area contributed by atoms with E-state index in [1.807, 2.05) is 6.92 Å². The van der Waals surface area contributed by atoms with Crippen molar-refractivity contribution < 1.29 is 19.4 Å². The number of carbonyl (C=O) groups excluding carboxylic acids is 1. The van der Waals surface area contributed by atoms with E-state index in [1.165, 1.54) is 6.07 Å². The number of carbonyl (C=O) groups is 2. The van der Waals surface area contributed by atoms with E-state index in [4.69, 9.17) is 9.84 Å². The number of carboxylic acid groups (broad SMARTS) is 1. The van der Waals surface area contributed by atoms with Gasteiger partial charge in [-0.1, -0.05) is 20.8 Å². The molecular formula is C17H23NO4. The third-order valence-electron chi connectivity index (χ3n) is 4.67. The molecule has 5 nitrogen and oxygen atoms in total. The Balaban J connectivity index is 2.19. The van der Waals surface area contributed by atoms with Gasteiger partial charge in [0.15, 0.2) is 0 Å². The molecule has 5 heteroatoms. The number of benzene rings is 1. The van der Waals surface area contributed by atoms with E-state index in [0.717, 1.165) is 5.56 Å². The highest BCUT2D eigenvalue weighted by atomic mass is 16.5. The summed E-state index contributed by atoms with van der Waals surface area (Å²) < 4.78 is 5.47. The van der Waals surface area contributed by atoms with Crippen LogP contribution in [-0.2, 0) is 4.74 Å². The molecule has 3 atom stereocenters. The average molecular weight is 305 g/mol. The Kier molecular flexibility index (Phi) is 4.29. The molecule has 1 amide bonds. The molecule has 1 aliphatic carbocycles. The number of amides is 1. The zero-order valence-corrected chi connectivity index (χ0v) is 13.6. The van der Waals surface area contributed by atoms with Gasteiger partial charge in [-0.3, -0.25) is 4.79 Å². The molecule has 0 spiro atoms. The van der Waals surface area contributed by atoms with Crippen LogP contribution in [0.25, 0.3) is 0 Å². The lowest BCUT2D eigenvalue weighted by molar-refractivity contribution is -0.141. The number of hydrogen-bond donors (Lipinski definition) is 2. The van der Waals surface area contributed by atoms with E-state index in [0.29, 0.717) is 5.56 Å². The number of aryl methyl sites for hydroxylation is 1. The van der Waals surface area contributed by atoms with Crippen molar-refractivity contribution >= 4 is 11.9 Å². The highest BCUT2D eigenvalue weighted by Crippen LogP contribution is 2.46.